The van der Waals surface area contributed by atoms with Crippen LogP contribution in [0.4, 0.5) is 0 Å². The van der Waals surface area contributed by atoms with Gasteiger partial charge >= 0.3 is 0 Å². The molecule has 0 aliphatic rings. The first-order valence-electron chi connectivity index (χ1n) is 22.0. The van der Waals surface area contributed by atoms with Gasteiger partial charge in [0.1, 0.15) is 22.9 Å². The second kappa shape index (κ2) is 15.0. The predicted molar refractivity (Wildman–Crippen MR) is 264 cm³/mol. The van der Waals surface area contributed by atoms with Gasteiger partial charge in [-0.3, -0.25) is 9.55 Å². The predicted octanol–water partition coefficient (Wildman–Crippen LogP) is 15.5. The Bertz CT molecular complexity index is 3570. The first-order chi connectivity index (χ1) is 31.0. The molecule has 0 spiro atoms. The number of pyridine rings is 1. The molecule has 0 atom stereocenters. The van der Waals surface area contributed by atoms with Crippen LogP contribution in [0.1, 0.15) is 51.3 Å². The molecule has 5 nitrogen and oxygen atoms in total. The quantitative estimate of drug-likeness (QED) is 0.174. The summed E-state index contributed by atoms with van der Waals surface area (Å²) in [4.78, 5) is 10.6. The van der Waals surface area contributed by atoms with E-state index in [1.807, 2.05) is 24.4 Å². The van der Waals surface area contributed by atoms with Crippen molar-refractivity contribution in [1.82, 2.24) is 14.5 Å². The van der Waals surface area contributed by atoms with Gasteiger partial charge in [0.25, 0.3) is 0 Å². The van der Waals surface area contributed by atoms with Gasteiger partial charge in [-0.15, -0.1) is 0 Å². The molecule has 0 saturated carbocycles. The SMILES string of the molecule is CC(C)(C)c1ccc(-n2c(-c3ccccc3O)nc3c(-c4cc(-c5nccc6c5oc5c7ccccc7ccc65)cc(C(C)(C)c5ccccc5)c4)cccc32)c(-c2ccccc2)c1. The van der Waals surface area contributed by atoms with Gasteiger partial charge in [-0.2, -0.15) is 0 Å². The Labute approximate surface area is 373 Å². The number of phenolic OH excluding ortho intramolecular Hbond substituents is 1. The Balaban J connectivity index is 1.20. The van der Waals surface area contributed by atoms with E-state index in [1.54, 1.807) is 6.07 Å². The highest BCUT2D eigenvalue weighted by Crippen LogP contribution is 2.45. The molecule has 3 aromatic heterocycles. The molecular formula is C59H47N3O2. The lowest BCUT2D eigenvalue weighted by atomic mass is 9.76. The number of para-hydroxylation sites is 2. The van der Waals surface area contributed by atoms with Gasteiger partial charge in [-0.05, 0) is 93.2 Å². The number of hydrogen-bond donors (Lipinski definition) is 1. The monoisotopic (exact) mass is 829 g/mol. The van der Waals surface area contributed by atoms with E-state index in [1.165, 1.54) is 11.1 Å². The van der Waals surface area contributed by atoms with Crippen LogP contribution in [0.2, 0.25) is 0 Å². The molecule has 11 rings (SSSR count). The molecule has 3 heterocycles. The Kier molecular flexibility index (Phi) is 9.14. The van der Waals surface area contributed by atoms with Gasteiger partial charge in [0.05, 0.1) is 22.3 Å². The van der Waals surface area contributed by atoms with Gasteiger partial charge in [-0.1, -0.05) is 162 Å². The maximum absolute atomic E-state index is 11.5. The fraction of sp³-hybridized carbons (Fsp3) is 0.119. The van der Waals surface area contributed by atoms with Crippen molar-refractivity contribution in [3.05, 3.63) is 205 Å². The van der Waals surface area contributed by atoms with Crippen LogP contribution in [-0.2, 0) is 10.8 Å². The number of aromatic hydroxyl groups is 1. The Morgan fingerprint density at radius 1 is 0.500 bits per heavy atom. The van der Waals surface area contributed by atoms with Crippen LogP contribution in [0.25, 0.3) is 94.3 Å². The molecule has 0 bridgehead atoms. The molecule has 8 aromatic carbocycles. The minimum absolute atomic E-state index is 0.0711. The summed E-state index contributed by atoms with van der Waals surface area (Å²) in [6.07, 6.45) is 1.90. The van der Waals surface area contributed by atoms with E-state index in [-0.39, 0.29) is 16.6 Å². The van der Waals surface area contributed by atoms with Crippen molar-refractivity contribution in [3.8, 4) is 56.3 Å². The fourth-order valence-electron chi connectivity index (χ4n) is 9.40. The van der Waals surface area contributed by atoms with Crippen molar-refractivity contribution >= 4 is 43.7 Å². The van der Waals surface area contributed by atoms with Crippen molar-refractivity contribution in [2.24, 2.45) is 0 Å². The fourth-order valence-corrected chi connectivity index (χ4v) is 9.40. The molecule has 0 fully saturated rings. The van der Waals surface area contributed by atoms with Crippen molar-refractivity contribution in [3.63, 3.8) is 0 Å². The number of imidazole rings is 1. The molecule has 0 aliphatic heterocycles. The van der Waals surface area contributed by atoms with E-state index in [4.69, 9.17) is 14.4 Å². The minimum atomic E-state index is -0.377. The number of phenols is 1. The number of aromatic nitrogens is 3. The summed E-state index contributed by atoms with van der Waals surface area (Å²) in [6, 6.07) is 63.5. The molecule has 310 valence electrons. The van der Waals surface area contributed by atoms with Crippen molar-refractivity contribution in [1.29, 1.82) is 0 Å². The minimum Gasteiger partial charge on any atom is -0.507 e. The van der Waals surface area contributed by atoms with Crippen LogP contribution >= 0.6 is 0 Å². The Hall–Kier alpha value is -7.76. The third kappa shape index (κ3) is 6.46. The van der Waals surface area contributed by atoms with Gasteiger partial charge < -0.3 is 9.52 Å². The normalized spacial score (nSPS) is 12.2. The van der Waals surface area contributed by atoms with E-state index >= 15 is 0 Å². The zero-order valence-electron chi connectivity index (χ0n) is 36.6. The Morgan fingerprint density at radius 3 is 2.00 bits per heavy atom. The summed E-state index contributed by atoms with van der Waals surface area (Å²) >= 11 is 0. The number of benzene rings is 8. The molecule has 1 N–H and O–H groups in total. The standard InChI is InChI=1S/C59H47N3O2/c1-58(2,3)42-28-30-50(49(36-42)37-17-8-6-9-18-37)62-51-25-16-24-44(54(51)61-57(62)48-23-14-15-26-52(48)63)39-33-40(35-43(34-39)59(4,5)41-20-10-7-11-21-41)53-56-47(31-32-60-53)46-29-27-38-19-12-13-22-45(38)55(46)64-56/h6-36,63H,1-5H3. The average Bonchev–Trinajstić information content (AvgIpc) is 3.91. The van der Waals surface area contributed by atoms with Crippen molar-refractivity contribution in [2.75, 3.05) is 0 Å². The molecule has 0 unspecified atom stereocenters. The highest BCUT2D eigenvalue weighted by atomic mass is 16.3. The van der Waals surface area contributed by atoms with Crippen LogP contribution in [0, 0.1) is 0 Å². The second-order valence-electron chi connectivity index (χ2n) is 18.4. The highest BCUT2D eigenvalue weighted by molar-refractivity contribution is 6.17. The topological polar surface area (TPSA) is 64.1 Å². The van der Waals surface area contributed by atoms with Crippen LogP contribution in [0.3, 0.4) is 0 Å². The van der Waals surface area contributed by atoms with Gasteiger partial charge in [0.2, 0.25) is 0 Å². The number of hydrogen-bond acceptors (Lipinski definition) is 4. The molecule has 0 saturated heterocycles. The van der Waals surface area contributed by atoms with Gasteiger partial charge in [0, 0.05) is 44.5 Å². The summed E-state index contributed by atoms with van der Waals surface area (Å²) in [5.41, 5.74) is 14.0. The van der Waals surface area contributed by atoms with E-state index in [9.17, 15) is 5.11 Å². The molecule has 0 amide bonds. The van der Waals surface area contributed by atoms with Crippen LogP contribution in [-0.4, -0.2) is 19.6 Å². The number of nitrogens with zero attached hydrogens (tertiary/aromatic N) is 3. The van der Waals surface area contributed by atoms with E-state index in [0.717, 1.165) is 88.5 Å². The number of fused-ring (bicyclic) bond motifs is 6. The first-order valence-corrected chi connectivity index (χ1v) is 22.0. The van der Waals surface area contributed by atoms with Crippen LogP contribution < -0.4 is 0 Å². The van der Waals surface area contributed by atoms with E-state index < -0.39 is 0 Å². The summed E-state index contributed by atoms with van der Waals surface area (Å²) in [6.45, 7) is 11.3. The largest absolute Gasteiger partial charge is 0.507 e. The Morgan fingerprint density at radius 2 is 1.20 bits per heavy atom. The lowest BCUT2D eigenvalue weighted by Crippen LogP contribution is -2.19. The highest BCUT2D eigenvalue weighted by Gasteiger charge is 2.28. The molecule has 0 radical (unpaired) electrons. The van der Waals surface area contributed by atoms with Crippen LogP contribution in [0.15, 0.2) is 193 Å². The third-order valence-corrected chi connectivity index (χ3v) is 13.0. The van der Waals surface area contributed by atoms with E-state index in [0.29, 0.717) is 11.4 Å². The summed E-state index contributed by atoms with van der Waals surface area (Å²) in [5.74, 6) is 0.822. The second-order valence-corrected chi connectivity index (χ2v) is 18.4. The number of rotatable bonds is 7. The smallest absolute Gasteiger partial charge is 0.161 e. The average molecular weight is 830 g/mol. The third-order valence-electron chi connectivity index (χ3n) is 13.0. The zero-order valence-corrected chi connectivity index (χ0v) is 36.6. The zero-order chi connectivity index (χ0) is 43.7. The summed E-state index contributed by atoms with van der Waals surface area (Å²) < 4.78 is 9.11. The molecule has 0 aliphatic carbocycles. The molecule has 5 heteroatoms. The van der Waals surface area contributed by atoms with Crippen molar-refractivity contribution < 1.29 is 9.52 Å². The molecule has 11 aromatic rings. The lowest BCUT2D eigenvalue weighted by molar-refractivity contribution is 0.477. The first kappa shape index (κ1) is 39.1. The maximum atomic E-state index is 11.5. The summed E-state index contributed by atoms with van der Waals surface area (Å²) in [5, 5.41) is 15.8. The van der Waals surface area contributed by atoms with Crippen LogP contribution in [0.5, 0.6) is 5.75 Å². The van der Waals surface area contributed by atoms with E-state index in [2.05, 4.69) is 197 Å². The maximum Gasteiger partial charge on any atom is 0.161 e. The summed E-state index contributed by atoms with van der Waals surface area (Å²) in [7, 11) is 0. The number of furan rings is 1. The lowest BCUT2D eigenvalue weighted by Gasteiger charge is -2.27. The van der Waals surface area contributed by atoms with Crippen molar-refractivity contribution in [2.45, 2.75) is 45.4 Å². The molecular weight excluding hydrogens is 783 g/mol. The van der Waals surface area contributed by atoms with Gasteiger partial charge in [-0.25, -0.2) is 4.98 Å². The van der Waals surface area contributed by atoms with Gasteiger partial charge in [0.15, 0.2) is 5.58 Å². The molecule has 64 heavy (non-hydrogen) atoms.